The van der Waals surface area contributed by atoms with Crippen LogP contribution < -0.4 is 5.32 Å². The third kappa shape index (κ3) is 3.90. The number of aromatic nitrogens is 2. The lowest BCUT2D eigenvalue weighted by atomic mass is 10.2. The molecule has 1 aromatic heterocycles. The summed E-state index contributed by atoms with van der Waals surface area (Å²) in [6.45, 7) is 0.750. The van der Waals surface area contributed by atoms with Gasteiger partial charge in [0.15, 0.2) is 5.82 Å². The van der Waals surface area contributed by atoms with E-state index >= 15 is 0 Å². The summed E-state index contributed by atoms with van der Waals surface area (Å²) >= 11 is 3.34. The number of nitrogens with one attached hydrogen (secondary N) is 2. The topological polar surface area (TPSA) is 61.0 Å². The Balaban J connectivity index is 2.05. The molecule has 0 aliphatic carbocycles. The maximum absolute atomic E-state index is 12.0. The number of halogens is 1. The van der Waals surface area contributed by atoms with E-state index in [9.17, 15) is 4.79 Å². The van der Waals surface area contributed by atoms with Crippen molar-refractivity contribution in [3.8, 4) is 0 Å². The molecule has 5 nitrogen and oxygen atoms in total. The first kappa shape index (κ1) is 13.8. The van der Waals surface area contributed by atoms with E-state index in [1.165, 1.54) is 0 Å². The minimum atomic E-state index is -0.177. The van der Waals surface area contributed by atoms with Gasteiger partial charge in [-0.3, -0.25) is 9.89 Å². The van der Waals surface area contributed by atoms with Crippen molar-refractivity contribution in [1.29, 1.82) is 0 Å². The fraction of sp³-hybridized carbons (Fsp3) is 0.231. The van der Waals surface area contributed by atoms with Crippen LogP contribution in [0.4, 0.5) is 5.82 Å². The zero-order valence-electron chi connectivity index (χ0n) is 10.8. The normalized spacial score (nSPS) is 10.7. The molecule has 0 atom stereocenters. The molecule has 0 radical (unpaired) electrons. The minimum absolute atomic E-state index is 0.177. The van der Waals surface area contributed by atoms with Gasteiger partial charge in [0, 0.05) is 22.6 Å². The number of hydrogen-bond acceptors (Lipinski definition) is 3. The molecule has 19 heavy (non-hydrogen) atoms. The summed E-state index contributed by atoms with van der Waals surface area (Å²) in [6, 6.07) is 9.05. The molecule has 1 heterocycles. The molecule has 0 aliphatic rings. The molecule has 2 aromatic rings. The molecule has 0 unspecified atom stereocenters. The summed E-state index contributed by atoms with van der Waals surface area (Å²) < 4.78 is 0.871. The van der Waals surface area contributed by atoms with Crippen LogP contribution >= 0.6 is 15.9 Å². The third-order valence-electron chi connectivity index (χ3n) is 2.45. The van der Waals surface area contributed by atoms with Crippen molar-refractivity contribution in [2.45, 2.75) is 6.54 Å². The SMILES string of the molecule is CN(C)Cc1cc(NC(=O)c2cccc(Br)c2)n[nH]1. The minimum Gasteiger partial charge on any atom is -0.305 e. The summed E-state index contributed by atoms with van der Waals surface area (Å²) in [5, 5.41) is 9.71. The van der Waals surface area contributed by atoms with Gasteiger partial charge in [-0.1, -0.05) is 22.0 Å². The van der Waals surface area contributed by atoms with Crippen molar-refractivity contribution in [1.82, 2.24) is 15.1 Å². The molecular weight excluding hydrogens is 308 g/mol. The van der Waals surface area contributed by atoms with Gasteiger partial charge in [-0.05, 0) is 32.3 Å². The van der Waals surface area contributed by atoms with E-state index in [1.54, 1.807) is 12.1 Å². The van der Waals surface area contributed by atoms with Crippen LogP contribution in [0.3, 0.4) is 0 Å². The molecule has 2 N–H and O–H groups in total. The Bertz CT molecular complexity index is 580. The standard InChI is InChI=1S/C13H15BrN4O/c1-18(2)8-11-7-12(17-16-11)15-13(19)9-4-3-5-10(14)6-9/h3-7H,8H2,1-2H3,(H2,15,16,17,19). The molecule has 1 aromatic carbocycles. The second-order valence-electron chi connectivity index (χ2n) is 4.48. The zero-order chi connectivity index (χ0) is 13.8. The quantitative estimate of drug-likeness (QED) is 0.909. The fourth-order valence-electron chi connectivity index (χ4n) is 1.67. The van der Waals surface area contributed by atoms with Gasteiger partial charge in [0.1, 0.15) is 0 Å². The molecule has 0 bridgehead atoms. The first-order valence-corrected chi connectivity index (χ1v) is 6.60. The van der Waals surface area contributed by atoms with E-state index in [-0.39, 0.29) is 5.91 Å². The van der Waals surface area contributed by atoms with Crippen molar-refractivity contribution in [3.63, 3.8) is 0 Å². The van der Waals surface area contributed by atoms with E-state index in [1.807, 2.05) is 37.2 Å². The van der Waals surface area contributed by atoms with E-state index < -0.39 is 0 Å². The van der Waals surface area contributed by atoms with Gasteiger partial charge < -0.3 is 10.2 Å². The van der Waals surface area contributed by atoms with Gasteiger partial charge in [0.25, 0.3) is 5.91 Å². The summed E-state index contributed by atoms with van der Waals surface area (Å²) in [7, 11) is 3.95. The Morgan fingerprint density at radius 2 is 2.21 bits per heavy atom. The number of carbonyl (C=O) groups is 1. The molecule has 2 rings (SSSR count). The van der Waals surface area contributed by atoms with Gasteiger partial charge in [-0.2, -0.15) is 5.10 Å². The fourth-order valence-corrected chi connectivity index (χ4v) is 2.06. The molecule has 0 saturated heterocycles. The maximum atomic E-state index is 12.0. The second kappa shape index (κ2) is 5.99. The predicted octanol–water partition coefficient (Wildman–Crippen LogP) is 2.49. The average Bonchev–Trinajstić information content (AvgIpc) is 2.75. The van der Waals surface area contributed by atoms with Crippen LogP contribution in [0.25, 0.3) is 0 Å². The monoisotopic (exact) mass is 322 g/mol. The van der Waals surface area contributed by atoms with Gasteiger partial charge in [-0.15, -0.1) is 0 Å². The summed E-state index contributed by atoms with van der Waals surface area (Å²) in [5.74, 6) is 0.353. The third-order valence-corrected chi connectivity index (χ3v) is 2.94. The molecule has 6 heteroatoms. The number of carbonyl (C=O) groups excluding carboxylic acids is 1. The number of benzene rings is 1. The highest BCUT2D eigenvalue weighted by Crippen LogP contribution is 2.13. The van der Waals surface area contributed by atoms with Crippen molar-refractivity contribution in [2.75, 3.05) is 19.4 Å². The Hall–Kier alpha value is -1.66. The van der Waals surface area contributed by atoms with Gasteiger partial charge in [0.05, 0.1) is 5.69 Å². The van der Waals surface area contributed by atoms with Crippen LogP contribution in [0.1, 0.15) is 16.1 Å². The summed E-state index contributed by atoms with van der Waals surface area (Å²) in [5.41, 5.74) is 1.54. The number of anilines is 1. The lowest BCUT2D eigenvalue weighted by Crippen LogP contribution is -2.12. The average molecular weight is 323 g/mol. The lowest BCUT2D eigenvalue weighted by Gasteiger charge is -2.05. The van der Waals surface area contributed by atoms with Crippen LogP contribution in [0.15, 0.2) is 34.8 Å². The second-order valence-corrected chi connectivity index (χ2v) is 5.40. The number of rotatable bonds is 4. The highest BCUT2D eigenvalue weighted by atomic mass is 79.9. The summed E-state index contributed by atoms with van der Waals surface area (Å²) in [4.78, 5) is 14.0. The van der Waals surface area contributed by atoms with Gasteiger partial charge in [-0.25, -0.2) is 0 Å². The Morgan fingerprint density at radius 3 is 2.89 bits per heavy atom. The molecule has 0 aliphatic heterocycles. The first-order valence-electron chi connectivity index (χ1n) is 5.80. The van der Waals surface area contributed by atoms with E-state index in [0.29, 0.717) is 11.4 Å². The molecule has 0 spiro atoms. The number of amides is 1. The number of aromatic amines is 1. The Labute approximate surface area is 120 Å². The Kier molecular flexibility index (Phi) is 4.34. The number of nitrogens with zero attached hydrogens (tertiary/aromatic N) is 2. The largest absolute Gasteiger partial charge is 0.305 e. The van der Waals surface area contributed by atoms with Crippen LogP contribution in [0, 0.1) is 0 Å². The highest BCUT2D eigenvalue weighted by Gasteiger charge is 2.09. The lowest BCUT2D eigenvalue weighted by molar-refractivity contribution is 0.102. The van der Waals surface area contributed by atoms with Crippen LogP contribution in [0.5, 0.6) is 0 Å². The van der Waals surface area contributed by atoms with E-state index in [2.05, 4.69) is 31.4 Å². The van der Waals surface area contributed by atoms with Crippen LogP contribution in [0.2, 0.25) is 0 Å². The molecular formula is C13H15BrN4O. The summed E-state index contributed by atoms with van der Waals surface area (Å²) in [6.07, 6.45) is 0. The number of H-pyrrole nitrogens is 1. The molecule has 100 valence electrons. The molecule has 0 fully saturated rings. The highest BCUT2D eigenvalue weighted by molar-refractivity contribution is 9.10. The smallest absolute Gasteiger partial charge is 0.256 e. The van der Waals surface area contributed by atoms with Crippen LogP contribution in [-0.2, 0) is 6.54 Å². The first-order chi connectivity index (χ1) is 9.04. The van der Waals surface area contributed by atoms with Crippen molar-refractivity contribution >= 4 is 27.7 Å². The predicted molar refractivity (Wildman–Crippen MR) is 78.1 cm³/mol. The van der Waals surface area contributed by atoms with Crippen molar-refractivity contribution in [3.05, 3.63) is 46.1 Å². The van der Waals surface area contributed by atoms with Crippen LogP contribution in [-0.4, -0.2) is 35.1 Å². The maximum Gasteiger partial charge on any atom is 0.256 e. The van der Waals surface area contributed by atoms with E-state index in [4.69, 9.17) is 0 Å². The molecule has 0 saturated carbocycles. The molecule has 1 amide bonds. The number of hydrogen-bond donors (Lipinski definition) is 2. The van der Waals surface area contributed by atoms with Gasteiger partial charge in [0.2, 0.25) is 0 Å². The van der Waals surface area contributed by atoms with Crippen molar-refractivity contribution < 1.29 is 4.79 Å². The van der Waals surface area contributed by atoms with Gasteiger partial charge >= 0.3 is 0 Å². The zero-order valence-corrected chi connectivity index (χ0v) is 12.4. The van der Waals surface area contributed by atoms with E-state index in [0.717, 1.165) is 16.7 Å². The Morgan fingerprint density at radius 1 is 1.42 bits per heavy atom. The van der Waals surface area contributed by atoms with Crippen molar-refractivity contribution in [2.24, 2.45) is 0 Å².